The number of H-pyrrole nitrogens is 2. The van der Waals surface area contributed by atoms with Gasteiger partial charge in [0.1, 0.15) is 5.69 Å². The molecular formula is C11H8F3N7. The molecule has 10 heteroatoms. The van der Waals surface area contributed by atoms with Gasteiger partial charge in [0.05, 0.1) is 18.4 Å². The average molecular weight is 295 g/mol. The second-order valence-electron chi connectivity index (χ2n) is 4.17. The lowest BCUT2D eigenvalue weighted by Gasteiger charge is -2.12. The molecule has 7 nitrogen and oxygen atoms in total. The molecule has 0 radical (unpaired) electrons. The summed E-state index contributed by atoms with van der Waals surface area (Å²) in [6.45, 7) is 0. The summed E-state index contributed by atoms with van der Waals surface area (Å²) in [5.74, 6) is 0.0773. The van der Waals surface area contributed by atoms with Crippen LogP contribution in [-0.2, 0) is 6.42 Å². The van der Waals surface area contributed by atoms with Crippen LogP contribution in [0.15, 0.2) is 24.8 Å². The minimum atomic E-state index is -4.40. The van der Waals surface area contributed by atoms with Crippen molar-refractivity contribution in [1.29, 1.82) is 0 Å². The number of halogens is 3. The quantitative estimate of drug-likeness (QED) is 0.767. The van der Waals surface area contributed by atoms with Crippen LogP contribution in [0.25, 0.3) is 22.8 Å². The molecule has 108 valence electrons. The topological polar surface area (TPSA) is 96.0 Å². The lowest BCUT2D eigenvalue weighted by Crippen LogP contribution is -2.14. The van der Waals surface area contributed by atoms with E-state index in [1.807, 2.05) is 0 Å². The Morgan fingerprint density at radius 3 is 2.67 bits per heavy atom. The van der Waals surface area contributed by atoms with E-state index in [0.29, 0.717) is 5.69 Å². The van der Waals surface area contributed by atoms with E-state index in [9.17, 15) is 13.2 Å². The average Bonchev–Trinajstić information content (AvgIpc) is 3.11. The van der Waals surface area contributed by atoms with Gasteiger partial charge in [0.15, 0.2) is 0 Å². The molecule has 0 unspecified atom stereocenters. The summed E-state index contributed by atoms with van der Waals surface area (Å²) >= 11 is 0. The first-order chi connectivity index (χ1) is 10.0. The van der Waals surface area contributed by atoms with Crippen molar-refractivity contribution in [2.45, 2.75) is 12.6 Å². The Hall–Kier alpha value is -2.78. The number of hydrogen-bond donors (Lipinski definition) is 2. The highest BCUT2D eigenvalue weighted by Crippen LogP contribution is 2.33. The van der Waals surface area contributed by atoms with Gasteiger partial charge in [-0.15, -0.1) is 10.2 Å². The summed E-state index contributed by atoms with van der Waals surface area (Å²) in [5.41, 5.74) is 0.628. The Bertz CT molecular complexity index is 666. The number of nitrogens with one attached hydrogen (secondary N) is 2. The molecule has 0 bridgehead atoms. The number of pyridine rings is 1. The van der Waals surface area contributed by atoms with Crippen LogP contribution >= 0.6 is 0 Å². The lowest BCUT2D eigenvalue weighted by molar-refractivity contribution is -0.127. The highest BCUT2D eigenvalue weighted by atomic mass is 19.4. The van der Waals surface area contributed by atoms with Crippen LogP contribution in [0.3, 0.4) is 0 Å². The molecule has 3 heterocycles. The Morgan fingerprint density at radius 2 is 2.05 bits per heavy atom. The number of tetrazole rings is 1. The van der Waals surface area contributed by atoms with Crippen molar-refractivity contribution in [3.8, 4) is 22.8 Å². The van der Waals surface area contributed by atoms with Gasteiger partial charge in [-0.05, 0) is 11.3 Å². The van der Waals surface area contributed by atoms with Crippen LogP contribution in [-0.4, -0.2) is 41.8 Å². The summed E-state index contributed by atoms with van der Waals surface area (Å²) in [6.07, 6.45) is -1.33. The Morgan fingerprint density at radius 1 is 1.19 bits per heavy atom. The minimum absolute atomic E-state index is 0.0431. The molecule has 0 aliphatic rings. The highest BCUT2D eigenvalue weighted by Gasteiger charge is 2.32. The van der Waals surface area contributed by atoms with Crippen LogP contribution in [0.2, 0.25) is 0 Å². The van der Waals surface area contributed by atoms with Crippen molar-refractivity contribution in [3.63, 3.8) is 0 Å². The maximum absolute atomic E-state index is 12.9. The van der Waals surface area contributed by atoms with E-state index >= 15 is 0 Å². The molecule has 0 spiro atoms. The first kappa shape index (κ1) is 13.2. The fourth-order valence-electron chi connectivity index (χ4n) is 1.97. The molecule has 0 fully saturated rings. The first-order valence-electron chi connectivity index (χ1n) is 5.82. The number of aromatic amines is 2. The van der Waals surface area contributed by atoms with E-state index in [1.54, 1.807) is 0 Å². The molecule has 0 aliphatic heterocycles. The zero-order chi connectivity index (χ0) is 14.9. The van der Waals surface area contributed by atoms with Crippen molar-refractivity contribution >= 4 is 0 Å². The Labute approximate surface area is 115 Å². The molecule has 0 aromatic carbocycles. The number of hydrogen-bond acceptors (Lipinski definition) is 5. The third kappa shape index (κ3) is 2.73. The zero-order valence-electron chi connectivity index (χ0n) is 10.4. The van der Waals surface area contributed by atoms with Crippen LogP contribution in [0, 0.1) is 0 Å². The van der Waals surface area contributed by atoms with Gasteiger partial charge in [0, 0.05) is 23.5 Å². The van der Waals surface area contributed by atoms with Crippen molar-refractivity contribution in [2.75, 3.05) is 0 Å². The number of rotatable bonds is 3. The standard InChI is InChI=1S/C11H8F3N7/c12-11(13,14)3-7-6(10-18-20-21-19-10)1-2-16-9(7)8-4-15-5-17-8/h1-2,4-5H,3H2,(H,15,17)(H,18,19,20,21). The second-order valence-corrected chi connectivity index (χ2v) is 4.17. The van der Waals surface area contributed by atoms with Crippen LogP contribution in [0.4, 0.5) is 13.2 Å². The van der Waals surface area contributed by atoms with E-state index in [1.165, 1.54) is 24.8 Å². The SMILES string of the molecule is FC(F)(F)Cc1c(-c2nn[nH]n2)ccnc1-c1c[nH]cn1. The number of imidazole rings is 1. The Kier molecular flexibility index (Phi) is 3.12. The van der Waals surface area contributed by atoms with E-state index in [0.717, 1.165) is 0 Å². The van der Waals surface area contributed by atoms with E-state index < -0.39 is 12.6 Å². The maximum Gasteiger partial charge on any atom is 0.393 e. The third-order valence-electron chi connectivity index (χ3n) is 2.76. The van der Waals surface area contributed by atoms with Crippen molar-refractivity contribution < 1.29 is 13.2 Å². The second kappa shape index (κ2) is 4.96. The summed E-state index contributed by atoms with van der Waals surface area (Å²) < 4.78 is 38.6. The molecular weight excluding hydrogens is 287 g/mol. The number of aromatic nitrogens is 7. The molecule has 3 aromatic heterocycles. The predicted molar refractivity (Wildman–Crippen MR) is 64.7 cm³/mol. The fourth-order valence-corrected chi connectivity index (χ4v) is 1.97. The summed E-state index contributed by atoms with van der Waals surface area (Å²) in [6, 6.07) is 1.42. The first-order valence-corrected chi connectivity index (χ1v) is 5.82. The largest absolute Gasteiger partial charge is 0.393 e. The van der Waals surface area contributed by atoms with Gasteiger partial charge < -0.3 is 4.98 Å². The summed E-state index contributed by atoms with van der Waals surface area (Å²) in [4.78, 5) is 10.6. The van der Waals surface area contributed by atoms with Gasteiger partial charge in [-0.25, -0.2) is 4.98 Å². The monoisotopic (exact) mass is 295 g/mol. The van der Waals surface area contributed by atoms with Crippen LogP contribution in [0.1, 0.15) is 5.56 Å². The minimum Gasteiger partial charge on any atom is -0.351 e. The van der Waals surface area contributed by atoms with Gasteiger partial charge in [0.2, 0.25) is 5.82 Å². The van der Waals surface area contributed by atoms with Gasteiger partial charge >= 0.3 is 6.18 Å². The van der Waals surface area contributed by atoms with Crippen LogP contribution < -0.4 is 0 Å². The van der Waals surface area contributed by atoms with E-state index in [-0.39, 0.29) is 22.6 Å². The van der Waals surface area contributed by atoms with E-state index in [2.05, 4.69) is 35.6 Å². The Balaban J connectivity index is 2.19. The molecule has 0 aliphatic carbocycles. The number of nitrogens with zero attached hydrogens (tertiary/aromatic N) is 5. The fraction of sp³-hybridized carbons (Fsp3) is 0.182. The summed E-state index contributed by atoms with van der Waals surface area (Å²) in [7, 11) is 0. The van der Waals surface area contributed by atoms with Gasteiger partial charge in [-0.1, -0.05) is 0 Å². The normalized spacial score (nSPS) is 11.8. The van der Waals surface area contributed by atoms with Gasteiger partial charge in [0.25, 0.3) is 0 Å². The zero-order valence-corrected chi connectivity index (χ0v) is 10.4. The third-order valence-corrected chi connectivity index (χ3v) is 2.76. The predicted octanol–water partition coefficient (Wildman–Crippen LogP) is 1.76. The van der Waals surface area contributed by atoms with Gasteiger partial charge in [-0.2, -0.15) is 18.4 Å². The van der Waals surface area contributed by atoms with Crippen molar-refractivity contribution in [1.82, 2.24) is 35.6 Å². The molecule has 0 saturated carbocycles. The molecule has 21 heavy (non-hydrogen) atoms. The molecule has 0 saturated heterocycles. The highest BCUT2D eigenvalue weighted by molar-refractivity contribution is 5.70. The van der Waals surface area contributed by atoms with Crippen molar-refractivity contribution in [2.24, 2.45) is 0 Å². The van der Waals surface area contributed by atoms with Crippen LogP contribution in [0.5, 0.6) is 0 Å². The van der Waals surface area contributed by atoms with Crippen molar-refractivity contribution in [3.05, 3.63) is 30.4 Å². The smallest absolute Gasteiger partial charge is 0.351 e. The molecule has 3 aromatic rings. The molecule has 3 rings (SSSR count). The molecule has 0 amide bonds. The molecule has 0 atom stereocenters. The molecule has 2 N–H and O–H groups in total. The number of alkyl halides is 3. The maximum atomic E-state index is 12.9. The van der Waals surface area contributed by atoms with Gasteiger partial charge in [-0.3, -0.25) is 4.98 Å². The van der Waals surface area contributed by atoms with E-state index in [4.69, 9.17) is 0 Å². The lowest BCUT2D eigenvalue weighted by atomic mass is 10.0. The summed E-state index contributed by atoms with van der Waals surface area (Å²) in [5, 5.41) is 13.0.